The highest BCUT2D eigenvalue weighted by Gasteiger charge is 2.38. The molecule has 0 radical (unpaired) electrons. The van der Waals surface area contributed by atoms with E-state index < -0.39 is 92.1 Å². The fraction of sp³-hybridized carbons (Fsp3) is 0.417. The highest BCUT2D eigenvalue weighted by molar-refractivity contribution is 6.10. The van der Waals surface area contributed by atoms with Crippen LogP contribution >= 0.6 is 0 Å². The Balaban J connectivity index is 2.45. The van der Waals surface area contributed by atoms with Crippen molar-refractivity contribution >= 4 is 59.1 Å². The molecule has 0 unspecified atom stereocenters. The summed E-state index contributed by atoms with van der Waals surface area (Å²) in [6.07, 6.45) is -1.30. The third-order valence-electron chi connectivity index (χ3n) is 5.69. The summed E-state index contributed by atoms with van der Waals surface area (Å²) in [6.45, 7) is -1.11. The lowest BCUT2D eigenvalue weighted by atomic mass is 10.1. The monoisotopic (exact) mass is 563 g/mol. The number of hydrogen-bond donors (Lipinski definition) is 6. The molecule has 0 aliphatic carbocycles. The summed E-state index contributed by atoms with van der Waals surface area (Å²) >= 11 is 0. The van der Waals surface area contributed by atoms with Crippen LogP contribution in [0.3, 0.4) is 0 Å². The number of para-hydroxylation sites is 2. The van der Waals surface area contributed by atoms with E-state index in [-0.39, 0.29) is 24.1 Å². The number of carboxylic acids is 2. The van der Waals surface area contributed by atoms with Gasteiger partial charge < -0.3 is 41.0 Å². The number of amides is 5. The summed E-state index contributed by atoms with van der Waals surface area (Å²) in [4.78, 5) is 98.8. The van der Waals surface area contributed by atoms with Gasteiger partial charge in [-0.1, -0.05) is 12.1 Å². The van der Waals surface area contributed by atoms with Crippen LogP contribution in [0.1, 0.15) is 26.2 Å². The lowest BCUT2D eigenvalue weighted by Gasteiger charge is -2.27. The second-order valence-electron chi connectivity index (χ2n) is 8.73. The number of aliphatic carboxylic acids is 2. The number of aldehydes is 1. The number of aliphatic hydroxyl groups excluding tert-OH is 1. The van der Waals surface area contributed by atoms with Gasteiger partial charge in [0.1, 0.15) is 31.5 Å². The van der Waals surface area contributed by atoms with Gasteiger partial charge >= 0.3 is 11.9 Å². The number of rotatable bonds is 13. The van der Waals surface area contributed by atoms with E-state index in [1.165, 1.54) is 24.3 Å². The molecule has 0 fully saturated rings. The summed E-state index contributed by atoms with van der Waals surface area (Å²) in [5.41, 5.74) is 0.132. The van der Waals surface area contributed by atoms with E-state index in [9.17, 15) is 43.5 Å². The van der Waals surface area contributed by atoms with Gasteiger partial charge in [0.2, 0.25) is 17.7 Å². The molecule has 16 nitrogen and oxygen atoms in total. The van der Waals surface area contributed by atoms with Gasteiger partial charge in [0.15, 0.2) is 0 Å². The number of carbonyl (C=O) groups excluding carboxylic acids is 6. The van der Waals surface area contributed by atoms with Crippen LogP contribution in [-0.2, 0) is 38.4 Å². The number of carboxylic acid groups (broad SMARTS) is 2. The molecule has 3 atom stereocenters. The van der Waals surface area contributed by atoms with Crippen molar-refractivity contribution in [3.8, 4) is 0 Å². The number of nitrogens with one attached hydrogen (secondary N) is 3. The first-order valence-corrected chi connectivity index (χ1v) is 11.9. The fourth-order valence-electron chi connectivity index (χ4n) is 3.95. The number of hydrogen-bond acceptors (Lipinski definition) is 9. The third-order valence-corrected chi connectivity index (χ3v) is 5.69. The summed E-state index contributed by atoms with van der Waals surface area (Å²) in [7, 11) is 0. The van der Waals surface area contributed by atoms with E-state index in [0.29, 0.717) is 0 Å². The van der Waals surface area contributed by atoms with Crippen LogP contribution in [0.2, 0.25) is 0 Å². The van der Waals surface area contributed by atoms with Crippen molar-refractivity contribution in [2.45, 2.75) is 44.3 Å². The highest BCUT2D eigenvalue weighted by atomic mass is 16.4. The molecule has 0 saturated heterocycles. The predicted octanol–water partition coefficient (Wildman–Crippen LogP) is -2.63. The first kappa shape index (κ1) is 31.4. The number of carbonyl (C=O) groups is 8. The van der Waals surface area contributed by atoms with E-state index in [0.717, 1.165) is 16.7 Å². The maximum atomic E-state index is 13.7. The minimum Gasteiger partial charge on any atom is -0.481 e. The van der Waals surface area contributed by atoms with Crippen LogP contribution in [0.15, 0.2) is 24.3 Å². The van der Waals surface area contributed by atoms with Crippen LogP contribution in [0.4, 0.5) is 11.4 Å². The molecule has 0 saturated carbocycles. The van der Waals surface area contributed by atoms with Gasteiger partial charge in [-0.05, 0) is 18.6 Å². The molecule has 1 aliphatic rings. The summed E-state index contributed by atoms with van der Waals surface area (Å²) in [6, 6.07) is 1.56. The average molecular weight is 564 g/mol. The Morgan fingerprint density at radius 2 is 1.70 bits per heavy atom. The maximum Gasteiger partial charge on any atom is 0.305 e. The number of nitrogens with zero attached hydrogens (tertiary/aromatic N) is 2. The van der Waals surface area contributed by atoms with Crippen LogP contribution in [0.5, 0.6) is 0 Å². The van der Waals surface area contributed by atoms with Crippen LogP contribution in [-0.4, -0.2) is 101 Å². The van der Waals surface area contributed by atoms with Crippen molar-refractivity contribution in [2.75, 3.05) is 29.5 Å². The van der Waals surface area contributed by atoms with E-state index in [4.69, 9.17) is 10.2 Å². The minimum atomic E-state index is -1.54. The number of aliphatic hydroxyl groups is 1. The third kappa shape index (κ3) is 8.59. The van der Waals surface area contributed by atoms with Crippen LogP contribution in [0, 0.1) is 0 Å². The van der Waals surface area contributed by atoms with Gasteiger partial charge in [-0.25, -0.2) is 0 Å². The van der Waals surface area contributed by atoms with Crippen LogP contribution < -0.4 is 25.8 Å². The summed E-state index contributed by atoms with van der Waals surface area (Å²) in [5, 5.41) is 34.3. The summed E-state index contributed by atoms with van der Waals surface area (Å²) in [5.74, 6) is -6.85. The van der Waals surface area contributed by atoms with Crippen LogP contribution in [0.25, 0.3) is 0 Å². The molecular weight excluding hydrogens is 534 g/mol. The fourth-order valence-corrected chi connectivity index (χ4v) is 3.95. The molecule has 1 aromatic carbocycles. The maximum absolute atomic E-state index is 13.7. The van der Waals surface area contributed by atoms with Gasteiger partial charge in [-0.15, -0.1) is 0 Å². The van der Waals surface area contributed by atoms with Crippen molar-refractivity contribution in [2.24, 2.45) is 0 Å². The van der Waals surface area contributed by atoms with Crippen molar-refractivity contribution in [1.82, 2.24) is 16.0 Å². The number of anilines is 2. The molecule has 0 spiro atoms. The van der Waals surface area contributed by atoms with Crippen molar-refractivity contribution < 1.29 is 53.7 Å². The van der Waals surface area contributed by atoms with Gasteiger partial charge in [0.25, 0.3) is 11.8 Å². The number of fused-ring (bicyclic) bond motifs is 1. The Hall–Kier alpha value is -4.86. The quantitative estimate of drug-likeness (QED) is 0.136. The van der Waals surface area contributed by atoms with Crippen molar-refractivity contribution in [3.05, 3.63) is 24.3 Å². The first-order chi connectivity index (χ1) is 18.9. The molecular formula is C24H29N5O11. The minimum absolute atomic E-state index is 0.0337. The zero-order chi connectivity index (χ0) is 30.0. The van der Waals surface area contributed by atoms with E-state index in [1.807, 2.05) is 0 Å². The zero-order valence-corrected chi connectivity index (χ0v) is 21.4. The first-order valence-electron chi connectivity index (χ1n) is 11.9. The molecule has 1 aliphatic heterocycles. The molecule has 0 aromatic heterocycles. The van der Waals surface area contributed by atoms with E-state index in [2.05, 4.69) is 16.0 Å². The largest absolute Gasteiger partial charge is 0.481 e. The standard InChI is InChI=1S/C24H29N5O11/c1-13(32)25-15(6-7-21(35)36)23(39)27-16-9-28(20(34)12-31)17-4-2-3-5-18(17)29(24(16)40)10-19(33)26-14(11-30)8-22(37)38/h2-5,11,14-16,31H,6-10,12H2,1H3,(H,25,32)(H,26,33)(H,27,39)(H,35,36)(H,37,38)/t14-,15-,16-/m0/s1. The topological polar surface area (TPSA) is 240 Å². The average Bonchev–Trinajstić information content (AvgIpc) is 3.00. The van der Waals surface area contributed by atoms with Gasteiger partial charge in [0.05, 0.1) is 30.4 Å². The van der Waals surface area contributed by atoms with E-state index in [1.54, 1.807) is 0 Å². The summed E-state index contributed by atoms with van der Waals surface area (Å²) < 4.78 is 0. The van der Waals surface area contributed by atoms with Gasteiger partial charge in [0, 0.05) is 13.3 Å². The predicted molar refractivity (Wildman–Crippen MR) is 135 cm³/mol. The van der Waals surface area contributed by atoms with Crippen molar-refractivity contribution in [3.63, 3.8) is 0 Å². The molecule has 1 heterocycles. The zero-order valence-electron chi connectivity index (χ0n) is 21.4. The molecule has 2 rings (SSSR count). The second-order valence-corrected chi connectivity index (χ2v) is 8.73. The molecule has 216 valence electrons. The molecule has 0 bridgehead atoms. The highest BCUT2D eigenvalue weighted by Crippen LogP contribution is 2.32. The normalized spacial score (nSPS) is 16.1. The van der Waals surface area contributed by atoms with Gasteiger partial charge in [-0.2, -0.15) is 0 Å². The molecule has 5 amide bonds. The molecule has 1 aromatic rings. The SMILES string of the molecule is CC(=O)N[C@@H](CCC(=O)O)C(=O)N[C@H]1CN(C(=O)CO)c2ccccc2N(CC(=O)N[C@H](C=O)CC(=O)O)C1=O. The second kappa shape index (κ2) is 14.3. The van der Waals surface area contributed by atoms with E-state index >= 15 is 0 Å². The smallest absolute Gasteiger partial charge is 0.305 e. The lowest BCUT2D eigenvalue weighted by Crippen LogP contribution is -2.58. The number of benzene rings is 1. The molecule has 16 heteroatoms. The Labute approximate surface area is 227 Å². The Bertz CT molecular complexity index is 1190. The van der Waals surface area contributed by atoms with Gasteiger partial charge in [-0.3, -0.25) is 38.5 Å². The Kier molecular flexibility index (Phi) is 11.2. The molecule has 6 N–H and O–H groups in total. The Morgan fingerprint density at radius 3 is 2.25 bits per heavy atom. The van der Waals surface area contributed by atoms with Crippen molar-refractivity contribution in [1.29, 1.82) is 0 Å². The molecule has 40 heavy (non-hydrogen) atoms. The lowest BCUT2D eigenvalue weighted by molar-refractivity contribution is -0.139. The Morgan fingerprint density at radius 1 is 1.05 bits per heavy atom.